The van der Waals surface area contributed by atoms with Crippen LogP contribution in [0.25, 0.3) is 0 Å². The van der Waals surface area contributed by atoms with Crippen LogP contribution in [0.3, 0.4) is 0 Å². The Labute approximate surface area is 164 Å². The Kier molecular flexibility index (Phi) is 4.65. The Hall–Kier alpha value is -0.720. The molecule has 6 saturated heterocycles. The van der Waals surface area contributed by atoms with E-state index in [1.54, 1.807) is 0 Å². The van der Waals surface area contributed by atoms with Crippen molar-refractivity contribution in [3.05, 3.63) is 0 Å². The highest BCUT2D eigenvalue weighted by molar-refractivity contribution is 4.52. The molecule has 0 radical (unpaired) electrons. The predicted octanol–water partition coefficient (Wildman–Crippen LogP) is -2.22. The Morgan fingerprint density at radius 1 is 0.133 bits per heavy atom. The molecule has 0 amide bonds. The van der Waals surface area contributed by atoms with Gasteiger partial charge in [-0.25, -0.2) is 0 Å². The minimum absolute atomic E-state index is 1.57. The van der Waals surface area contributed by atoms with Crippen molar-refractivity contribution in [1.82, 2.24) is 0 Å². The van der Waals surface area contributed by atoms with Crippen LogP contribution in [-0.4, -0.2) is 77.7 Å². The van der Waals surface area contributed by atoms with Gasteiger partial charge in [0.05, 0.1) is 0 Å². The van der Waals surface area contributed by atoms with Crippen LogP contribution in [0.15, 0.2) is 0 Å². The third kappa shape index (κ3) is 3.71. The Morgan fingerprint density at radius 3 is 0.267 bits per heavy atom. The normalized spacial score (nSPS) is 57.6. The quantitative estimate of drug-likeness (QED) is 0.394. The van der Waals surface area contributed by atoms with Crippen LogP contribution in [0.2, 0.25) is 0 Å². The zero-order valence-electron chi connectivity index (χ0n) is 14.3. The van der Waals surface area contributed by atoms with Crippen molar-refractivity contribution in [2.45, 2.75) is 77.7 Å². The van der Waals surface area contributed by atoms with Crippen molar-refractivity contribution in [3.63, 3.8) is 0 Å². The van der Waals surface area contributed by atoms with E-state index in [0.29, 0.717) is 0 Å². The van der Waals surface area contributed by atoms with Crippen molar-refractivity contribution in [2.24, 2.45) is 0 Å². The van der Waals surface area contributed by atoms with Crippen LogP contribution < -0.4 is 0 Å². The highest BCUT2D eigenvalue weighted by Gasteiger charge is 2.50. The Morgan fingerprint density at radius 2 is 0.200 bits per heavy atom. The van der Waals surface area contributed by atoms with Gasteiger partial charge >= 0.3 is 0 Å². The van der Waals surface area contributed by atoms with E-state index in [1.165, 1.54) is 0 Å². The highest BCUT2D eigenvalue weighted by Crippen LogP contribution is 2.34. The minimum Gasteiger partial charge on any atom is -0.274 e. The molecule has 6 aliphatic heterocycles. The van der Waals surface area contributed by atoms with Gasteiger partial charge in [0.15, 0.2) is 0 Å². The fourth-order valence-corrected chi connectivity index (χ4v) is 2.79. The molecule has 6 heterocycles. The molecular weight excluding hydrogens is 432 g/mol. The van der Waals surface area contributed by atoms with Gasteiger partial charge in [0.25, 0.3) is 77.7 Å². The molecule has 30 heavy (non-hydrogen) atoms. The van der Waals surface area contributed by atoms with Crippen LogP contribution in [0.1, 0.15) is 0 Å². The van der Waals surface area contributed by atoms with Gasteiger partial charge in [0.2, 0.25) is 0 Å². The van der Waals surface area contributed by atoms with E-state index in [4.69, 9.17) is 85.3 Å². The van der Waals surface area contributed by atoms with Gasteiger partial charge in [-0.05, 0) is 0 Å². The summed E-state index contributed by atoms with van der Waals surface area (Å²) in [6.07, 6.45) is 0. The lowest BCUT2D eigenvalue weighted by atomic mass is 10.8. The molecule has 0 unspecified atom stereocenters. The lowest BCUT2D eigenvalue weighted by molar-refractivity contribution is -0.673. The monoisotopic (exact) mass is 444 g/mol. The average molecular weight is 444 g/mol. The molecule has 0 saturated carbocycles. The number of fused-ring (bicyclic) bond motifs is 12. The second-order valence-electron chi connectivity index (χ2n) is 5.91. The molecule has 6 fully saturated rings. The van der Waals surface area contributed by atoms with Crippen LogP contribution in [0.4, 0.5) is 0 Å². The Balaban J connectivity index is 1.34. The van der Waals surface area contributed by atoms with Crippen LogP contribution >= 0.6 is 0 Å². The van der Waals surface area contributed by atoms with E-state index in [9.17, 15) is 0 Å². The molecule has 168 valence electrons. The molecule has 6 rings (SSSR count). The van der Waals surface area contributed by atoms with E-state index in [1.807, 2.05) is 0 Å². The Bertz CT molecular complexity index is 439. The van der Waals surface area contributed by atoms with E-state index in [0.717, 1.165) is 0 Å². The first-order valence-corrected chi connectivity index (χ1v) is 8.49. The molecule has 18 nitrogen and oxygen atoms in total. The van der Waals surface area contributed by atoms with E-state index < -0.39 is 77.7 Å². The van der Waals surface area contributed by atoms with Gasteiger partial charge < -0.3 is 0 Å². The maximum Gasteiger partial charge on any atom is 0.283 e. The van der Waals surface area contributed by atoms with Crippen molar-refractivity contribution >= 4 is 0 Å². The third-order valence-electron chi connectivity index (χ3n) is 4.00. The maximum atomic E-state index is 5.43. The van der Waals surface area contributed by atoms with Crippen LogP contribution in [0, 0.1) is 0 Å². The molecule has 18 heteroatoms. The molecule has 0 spiro atoms. The van der Waals surface area contributed by atoms with Gasteiger partial charge in [-0.2, -0.15) is 0 Å². The zero-order valence-corrected chi connectivity index (χ0v) is 14.3. The van der Waals surface area contributed by atoms with Crippen molar-refractivity contribution < 1.29 is 85.3 Å². The molecule has 0 aliphatic carbocycles. The van der Waals surface area contributed by atoms with Gasteiger partial charge in [0.1, 0.15) is 0 Å². The fraction of sp³-hybridized carbons (Fsp3) is 1.00. The second kappa shape index (κ2) is 7.41. The topological polar surface area (TPSA) is 166 Å². The maximum absolute atomic E-state index is 5.43. The van der Waals surface area contributed by atoms with E-state index >= 15 is 0 Å². The molecular formula is C12H12O18. The van der Waals surface area contributed by atoms with Crippen LogP contribution in [0.5, 0.6) is 0 Å². The van der Waals surface area contributed by atoms with Gasteiger partial charge in [0, 0.05) is 0 Å². The standard InChI is InChI=1S/C12H12O18/c13-1-19-3-14-5-21-2(13)22-6-15-4(20-1)24-8-17-10(26-6)30-12-18-11(28-8)27-7(23-3)16-9(25-5)29-12/h1-12H. The molecule has 0 atom stereocenters. The predicted molar refractivity (Wildman–Crippen MR) is 65.0 cm³/mol. The highest BCUT2D eigenvalue weighted by atomic mass is 17.2. The van der Waals surface area contributed by atoms with E-state index in [2.05, 4.69) is 0 Å². The largest absolute Gasteiger partial charge is 0.283 e. The van der Waals surface area contributed by atoms with Gasteiger partial charge in [-0.15, -0.1) is 0 Å². The first-order chi connectivity index (χ1) is 14.7. The fourth-order valence-electron chi connectivity index (χ4n) is 2.79. The van der Waals surface area contributed by atoms with Crippen LogP contribution in [-0.2, 0) is 85.3 Å². The van der Waals surface area contributed by atoms with Gasteiger partial charge in [-0.1, -0.05) is 0 Å². The molecule has 6 aliphatic rings. The molecule has 0 aromatic carbocycles. The summed E-state index contributed by atoms with van der Waals surface area (Å²) in [6, 6.07) is 0. The minimum atomic E-state index is -1.57. The van der Waals surface area contributed by atoms with Gasteiger partial charge in [-0.3, -0.25) is 85.3 Å². The third-order valence-corrected chi connectivity index (χ3v) is 4.00. The van der Waals surface area contributed by atoms with Crippen molar-refractivity contribution in [3.8, 4) is 0 Å². The SMILES string of the molecule is O1C2OC3OC4OC1OC1OC(O2)OC2OC(O1)OC1OC(OC(OC(O4)O1)O3)O2. The summed E-state index contributed by atoms with van der Waals surface area (Å²) in [6.45, 7) is -18.8. The molecule has 0 N–H and O–H groups in total. The van der Waals surface area contributed by atoms with Crippen molar-refractivity contribution in [2.75, 3.05) is 0 Å². The first kappa shape index (κ1) is 18.8. The summed E-state index contributed by atoms with van der Waals surface area (Å²) in [5.41, 5.74) is 0. The number of rotatable bonds is 0. The summed E-state index contributed by atoms with van der Waals surface area (Å²) < 4.78 is 97.8. The number of hydrogen-bond acceptors (Lipinski definition) is 18. The zero-order chi connectivity index (χ0) is 19.7. The lowest BCUT2D eigenvalue weighted by Crippen LogP contribution is -2.59. The molecule has 0 aromatic heterocycles. The summed E-state index contributed by atoms with van der Waals surface area (Å²) in [4.78, 5) is 0. The molecule has 0 aromatic rings. The lowest BCUT2D eigenvalue weighted by Gasteiger charge is -2.46. The molecule has 12 bridgehead atoms. The summed E-state index contributed by atoms with van der Waals surface area (Å²) in [7, 11) is 0. The summed E-state index contributed by atoms with van der Waals surface area (Å²) in [5, 5.41) is 0. The number of ether oxygens (including phenoxy) is 18. The smallest absolute Gasteiger partial charge is 0.274 e. The average Bonchev–Trinajstić information content (AvgIpc) is 2.54. The van der Waals surface area contributed by atoms with E-state index in [-0.39, 0.29) is 0 Å². The summed E-state index contributed by atoms with van der Waals surface area (Å²) in [5.74, 6) is 0. The van der Waals surface area contributed by atoms with Crippen molar-refractivity contribution in [1.29, 1.82) is 0 Å². The summed E-state index contributed by atoms with van der Waals surface area (Å²) >= 11 is 0. The first-order valence-electron chi connectivity index (χ1n) is 8.49. The second-order valence-corrected chi connectivity index (χ2v) is 5.91. The number of hydrogen-bond donors (Lipinski definition) is 0.